The van der Waals surface area contributed by atoms with Crippen molar-refractivity contribution in [3.63, 3.8) is 0 Å². The van der Waals surface area contributed by atoms with Crippen LogP contribution in [0.25, 0.3) is 0 Å². The Morgan fingerprint density at radius 2 is 0.936 bits per heavy atom. The van der Waals surface area contributed by atoms with Crippen LogP contribution in [0.3, 0.4) is 0 Å². The van der Waals surface area contributed by atoms with E-state index in [0.717, 1.165) is 34.6 Å². The zero-order valence-electron chi connectivity index (χ0n) is 27.5. The molecule has 0 saturated heterocycles. The Morgan fingerprint density at radius 1 is 0.574 bits per heavy atom. The molecule has 2 unspecified atom stereocenters. The maximum atomic E-state index is 9.00. The zero-order valence-corrected chi connectivity index (χ0v) is 33.9. The van der Waals surface area contributed by atoms with E-state index >= 15 is 0 Å². The second-order valence-corrected chi connectivity index (χ2v) is 15.6. The van der Waals surface area contributed by atoms with Crippen molar-refractivity contribution in [1.29, 1.82) is 0 Å². The number of phenolic OH excluding ortho intramolecular Hbond substituents is 2. The molecule has 0 radical (unpaired) electrons. The molecule has 3 saturated carbocycles. The number of phenols is 2. The van der Waals surface area contributed by atoms with Crippen molar-refractivity contribution < 1.29 is 33.9 Å². The van der Waals surface area contributed by atoms with Crippen LogP contribution >= 0.6 is 63.7 Å². The van der Waals surface area contributed by atoms with Crippen LogP contribution in [0.5, 0.6) is 23.0 Å². The first kappa shape index (κ1) is 40.4. The Balaban J connectivity index is 0.000000256. The second kappa shape index (κ2) is 22.0. The molecular weight excluding hydrogens is 864 g/mol. The van der Waals surface area contributed by atoms with Crippen molar-refractivity contribution in [3.05, 3.63) is 55.0 Å². The number of halogens is 4. The number of aromatic hydroxyl groups is 2. The average Bonchev–Trinajstić information content (AvgIpc) is 3.05. The molecule has 11 heteroatoms. The van der Waals surface area contributed by atoms with Gasteiger partial charge in [0, 0.05) is 12.1 Å². The first-order chi connectivity index (χ1) is 22.5. The molecule has 47 heavy (non-hydrogen) atoms. The predicted molar refractivity (Wildman–Crippen MR) is 201 cm³/mol. The van der Waals surface area contributed by atoms with Gasteiger partial charge >= 0.3 is 0 Å². The Morgan fingerprint density at radius 3 is 1.30 bits per heavy atom. The molecule has 3 aliphatic carbocycles. The molecule has 5 rings (SSSR count). The molecule has 3 aliphatic rings. The van der Waals surface area contributed by atoms with E-state index in [2.05, 4.69) is 70.3 Å². The molecule has 0 heterocycles. The van der Waals surface area contributed by atoms with Crippen LogP contribution in [-0.4, -0.2) is 41.1 Å². The van der Waals surface area contributed by atoms with Crippen molar-refractivity contribution >= 4 is 63.7 Å². The van der Waals surface area contributed by atoms with Crippen LogP contribution in [0.4, 0.5) is 0 Å². The number of benzene rings is 2. The zero-order chi connectivity index (χ0) is 34.2. The molecular formula is C36H50Br4O7. The minimum atomic E-state index is -0.302. The van der Waals surface area contributed by atoms with Gasteiger partial charge in [0.15, 0.2) is 12.6 Å². The van der Waals surface area contributed by atoms with Gasteiger partial charge in [-0.1, -0.05) is 51.5 Å². The molecule has 0 aromatic heterocycles. The summed E-state index contributed by atoms with van der Waals surface area (Å²) in [6.45, 7) is 7.45. The number of ether oxygens (including phenoxy) is 5. The topological polar surface area (TPSA) is 86.6 Å². The molecule has 0 spiro atoms. The van der Waals surface area contributed by atoms with Crippen LogP contribution in [0.1, 0.15) is 110 Å². The standard InChI is InChI=1S/C22H32Br2O4.C8H14O.C6H4Br2O2/c1-15(25-17-9-5-3-6-10-17)27-21-14-22(20(24)13-19(21)23)28-16(2)26-18-11-7-4-8-12-18;1-2-9-8-6-4-3-5-7-8;7-3-1-4(8)6(10)2-5(3)9/h13-18H,3-12H2,1-2H3;2,8H,1,3-7H2;1-2,9-10H. The fourth-order valence-corrected chi connectivity index (χ4v) is 8.09. The molecule has 0 amide bonds. The van der Waals surface area contributed by atoms with Gasteiger partial charge in [-0.2, -0.15) is 0 Å². The third-order valence-corrected chi connectivity index (χ3v) is 10.8. The van der Waals surface area contributed by atoms with Gasteiger partial charge in [-0.05, 0) is 141 Å². The second-order valence-electron chi connectivity index (χ2n) is 12.2. The van der Waals surface area contributed by atoms with E-state index in [0.29, 0.717) is 38.8 Å². The van der Waals surface area contributed by atoms with Crippen molar-refractivity contribution in [2.45, 2.75) is 141 Å². The molecule has 2 aromatic carbocycles. The molecule has 0 bridgehead atoms. The molecule has 0 aliphatic heterocycles. The highest BCUT2D eigenvalue weighted by molar-refractivity contribution is 9.11. The highest BCUT2D eigenvalue weighted by Crippen LogP contribution is 2.38. The molecule has 2 N–H and O–H groups in total. The quantitative estimate of drug-likeness (QED) is 0.181. The van der Waals surface area contributed by atoms with E-state index in [-0.39, 0.29) is 24.1 Å². The lowest BCUT2D eigenvalue weighted by atomic mass is 9.98. The summed E-state index contributed by atoms with van der Waals surface area (Å²) in [5.41, 5.74) is 0. The lowest BCUT2D eigenvalue weighted by Gasteiger charge is -2.27. The van der Waals surface area contributed by atoms with Gasteiger partial charge in [0.1, 0.15) is 23.0 Å². The highest BCUT2D eigenvalue weighted by atomic mass is 79.9. The fraction of sp³-hybridized carbons (Fsp3) is 0.611. The third kappa shape index (κ3) is 15.2. The maximum absolute atomic E-state index is 9.00. The van der Waals surface area contributed by atoms with Crippen molar-refractivity contribution in [2.75, 3.05) is 0 Å². The summed E-state index contributed by atoms with van der Waals surface area (Å²) in [6.07, 6.45) is 20.7. The lowest BCUT2D eigenvalue weighted by molar-refractivity contribution is -0.119. The van der Waals surface area contributed by atoms with E-state index in [4.69, 9.17) is 33.9 Å². The van der Waals surface area contributed by atoms with Crippen molar-refractivity contribution in [2.24, 2.45) is 0 Å². The summed E-state index contributed by atoms with van der Waals surface area (Å²) in [6, 6.07) is 6.68. The number of hydrogen-bond donors (Lipinski definition) is 2. The van der Waals surface area contributed by atoms with Crippen LogP contribution in [0.2, 0.25) is 0 Å². The van der Waals surface area contributed by atoms with Gasteiger partial charge in [0.05, 0.1) is 42.5 Å². The SMILES string of the molecule is C=COC1CCCCC1.CC(Oc1cc(OC(C)OC2CCCCC2)c(Br)cc1Br)OC1CCCCC1.Oc1cc(O)c(Br)cc1Br. The molecule has 264 valence electrons. The normalized spacial score (nSPS) is 18.9. The monoisotopic (exact) mass is 910 g/mol. The number of hydrogen-bond acceptors (Lipinski definition) is 7. The molecule has 2 atom stereocenters. The van der Waals surface area contributed by atoms with E-state index in [1.165, 1.54) is 76.7 Å². The third-order valence-electron chi connectivity index (χ3n) is 8.30. The Hall–Kier alpha value is -0.980. The van der Waals surface area contributed by atoms with Crippen molar-refractivity contribution in [1.82, 2.24) is 0 Å². The summed E-state index contributed by atoms with van der Waals surface area (Å²) in [4.78, 5) is 0. The van der Waals surface area contributed by atoms with Gasteiger partial charge in [0.25, 0.3) is 0 Å². The predicted octanol–water partition coefficient (Wildman–Crippen LogP) is 12.5. The lowest BCUT2D eigenvalue weighted by Crippen LogP contribution is -2.27. The summed E-state index contributed by atoms with van der Waals surface area (Å²) < 4.78 is 32.4. The molecule has 3 fully saturated rings. The smallest absolute Gasteiger partial charge is 0.197 e. The van der Waals surface area contributed by atoms with E-state index in [1.54, 1.807) is 12.3 Å². The molecule has 7 nitrogen and oxygen atoms in total. The minimum Gasteiger partial charge on any atom is -0.507 e. The van der Waals surface area contributed by atoms with E-state index in [9.17, 15) is 0 Å². The molecule has 2 aromatic rings. The largest absolute Gasteiger partial charge is 0.507 e. The van der Waals surface area contributed by atoms with Gasteiger partial charge in [-0.15, -0.1) is 0 Å². The van der Waals surface area contributed by atoms with Gasteiger partial charge < -0.3 is 33.9 Å². The van der Waals surface area contributed by atoms with Crippen LogP contribution < -0.4 is 9.47 Å². The van der Waals surface area contributed by atoms with Crippen LogP contribution in [-0.2, 0) is 14.2 Å². The summed E-state index contributed by atoms with van der Waals surface area (Å²) in [5.74, 6) is 1.49. The first-order valence-electron chi connectivity index (χ1n) is 16.8. The van der Waals surface area contributed by atoms with Crippen LogP contribution in [0.15, 0.2) is 55.0 Å². The Bertz CT molecular complexity index is 1110. The number of rotatable bonds is 10. The fourth-order valence-electron chi connectivity index (χ4n) is 5.91. The first-order valence-corrected chi connectivity index (χ1v) is 20.0. The van der Waals surface area contributed by atoms with Gasteiger partial charge in [0.2, 0.25) is 0 Å². The minimum absolute atomic E-state index is 0.0284. The summed E-state index contributed by atoms with van der Waals surface area (Å²) >= 11 is 13.3. The Labute approximate surface area is 314 Å². The van der Waals surface area contributed by atoms with Gasteiger partial charge in [-0.25, -0.2) is 0 Å². The van der Waals surface area contributed by atoms with Crippen molar-refractivity contribution in [3.8, 4) is 23.0 Å². The maximum Gasteiger partial charge on any atom is 0.197 e. The van der Waals surface area contributed by atoms with Crippen LogP contribution in [0, 0.1) is 0 Å². The Kier molecular flexibility index (Phi) is 18.9. The average molecular weight is 914 g/mol. The summed E-state index contributed by atoms with van der Waals surface area (Å²) in [7, 11) is 0. The summed E-state index contributed by atoms with van der Waals surface area (Å²) in [5, 5.41) is 18.0. The van der Waals surface area contributed by atoms with E-state index in [1.807, 2.05) is 26.0 Å². The highest BCUT2D eigenvalue weighted by Gasteiger charge is 2.21. The van der Waals surface area contributed by atoms with E-state index < -0.39 is 0 Å². The van der Waals surface area contributed by atoms with Gasteiger partial charge in [-0.3, -0.25) is 0 Å².